The first-order valence-corrected chi connectivity index (χ1v) is 10.5. The first kappa shape index (κ1) is 20.3. The number of hydrogen-bond donors (Lipinski definition) is 1. The van der Waals surface area contributed by atoms with E-state index in [1.165, 1.54) is 18.2 Å². The Morgan fingerprint density at radius 2 is 1.79 bits per heavy atom. The molecule has 2 unspecified atom stereocenters. The zero-order chi connectivity index (χ0) is 19.7. The van der Waals surface area contributed by atoms with E-state index in [2.05, 4.69) is 5.32 Å². The maximum Gasteiger partial charge on any atom is 0.416 e. The van der Waals surface area contributed by atoms with Crippen molar-refractivity contribution in [3.05, 3.63) is 59.4 Å². The second-order valence-corrected chi connectivity index (χ2v) is 9.27. The number of furan rings is 1. The molecule has 3 heterocycles. The number of nitrogens with one attached hydrogen (secondary N) is 1. The van der Waals surface area contributed by atoms with Crippen LogP contribution in [0.15, 0.2) is 56.7 Å². The summed E-state index contributed by atoms with van der Waals surface area (Å²) in [5.41, 5.74) is 0.532. The smallest absolute Gasteiger partial charge is 0.416 e. The van der Waals surface area contributed by atoms with Crippen LogP contribution in [0.1, 0.15) is 35.8 Å². The van der Waals surface area contributed by atoms with Gasteiger partial charge >= 0.3 is 6.18 Å². The van der Waals surface area contributed by atoms with E-state index in [0.717, 1.165) is 48.1 Å². The molecule has 2 bridgehead atoms. The number of benzene rings is 2. The summed E-state index contributed by atoms with van der Waals surface area (Å²) in [4.78, 5) is -0.470. The maximum atomic E-state index is 13.0. The molecule has 5 rings (SSSR count). The summed E-state index contributed by atoms with van der Waals surface area (Å²) in [5, 5.41) is 4.39. The van der Waals surface area contributed by atoms with Crippen LogP contribution in [0.4, 0.5) is 13.2 Å². The predicted octanol–water partition coefficient (Wildman–Crippen LogP) is 5.06. The van der Waals surface area contributed by atoms with Gasteiger partial charge in [-0.1, -0.05) is 6.07 Å². The van der Waals surface area contributed by atoms with Gasteiger partial charge in [-0.15, -0.1) is 12.4 Å². The van der Waals surface area contributed by atoms with Crippen molar-refractivity contribution in [1.29, 1.82) is 0 Å². The number of hydrogen-bond acceptors (Lipinski definition) is 4. The lowest BCUT2D eigenvalue weighted by Gasteiger charge is -2.20. The molecule has 154 valence electrons. The van der Waals surface area contributed by atoms with Gasteiger partial charge in [0, 0.05) is 35.5 Å². The highest BCUT2D eigenvalue weighted by atomic mass is 35.5. The highest BCUT2D eigenvalue weighted by molar-refractivity contribution is 7.91. The molecule has 0 saturated carbocycles. The quantitative estimate of drug-likeness (QED) is 0.601. The zero-order valence-electron chi connectivity index (χ0n) is 15.0. The largest absolute Gasteiger partial charge is 0.461 e. The van der Waals surface area contributed by atoms with E-state index in [0.29, 0.717) is 17.7 Å². The summed E-state index contributed by atoms with van der Waals surface area (Å²) in [7, 11) is -4.10. The number of rotatable bonds is 2. The van der Waals surface area contributed by atoms with Crippen LogP contribution in [0.3, 0.4) is 0 Å². The van der Waals surface area contributed by atoms with Gasteiger partial charge in [0.25, 0.3) is 0 Å². The van der Waals surface area contributed by atoms with Gasteiger partial charge in [0.05, 0.1) is 15.4 Å². The first-order chi connectivity index (χ1) is 13.2. The molecule has 0 aliphatic carbocycles. The predicted molar refractivity (Wildman–Crippen MR) is 103 cm³/mol. The molecule has 0 amide bonds. The molecule has 1 aromatic heterocycles. The Labute approximate surface area is 171 Å². The fourth-order valence-electron chi connectivity index (χ4n) is 4.26. The monoisotopic (exact) mass is 443 g/mol. The molecule has 2 atom stereocenters. The van der Waals surface area contributed by atoms with Crippen molar-refractivity contribution in [3.63, 3.8) is 0 Å². The second kappa shape index (κ2) is 6.75. The van der Waals surface area contributed by atoms with Crippen LogP contribution in [-0.2, 0) is 22.4 Å². The SMILES string of the molecule is Cl.O=S(=O)(c1cccc(C(F)(F)F)c1)c1ccc2c3c(oc2c1)CC1CCC3N1. The van der Waals surface area contributed by atoms with E-state index in [1.807, 2.05) is 0 Å². The lowest BCUT2D eigenvalue weighted by molar-refractivity contribution is -0.137. The molecule has 2 aliphatic heterocycles. The van der Waals surface area contributed by atoms with E-state index in [-0.39, 0.29) is 23.3 Å². The van der Waals surface area contributed by atoms with Crippen molar-refractivity contribution >= 4 is 33.2 Å². The minimum Gasteiger partial charge on any atom is -0.461 e. The number of halogens is 4. The van der Waals surface area contributed by atoms with E-state index in [9.17, 15) is 21.6 Å². The standard InChI is InChI=1S/C20H16F3NO3S.ClH/c21-20(22,23)11-2-1-3-13(8-11)28(25,26)14-5-6-15-17(10-14)27-18-9-12-4-7-16(24-12)19(15)18;/h1-3,5-6,8,10,12,16,24H,4,7,9H2;1H. The Morgan fingerprint density at radius 1 is 1.03 bits per heavy atom. The van der Waals surface area contributed by atoms with E-state index in [1.54, 1.807) is 6.07 Å². The summed E-state index contributed by atoms with van der Waals surface area (Å²) in [6, 6.07) is 8.92. The molecule has 1 N–H and O–H groups in total. The third-order valence-electron chi connectivity index (χ3n) is 5.58. The van der Waals surface area contributed by atoms with Crippen molar-refractivity contribution < 1.29 is 26.0 Å². The Morgan fingerprint density at radius 3 is 2.55 bits per heavy atom. The van der Waals surface area contributed by atoms with Gasteiger partial charge in [0.15, 0.2) is 0 Å². The lowest BCUT2D eigenvalue weighted by Crippen LogP contribution is -2.30. The van der Waals surface area contributed by atoms with Crippen molar-refractivity contribution in [2.75, 3.05) is 0 Å². The molecule has 2 aliphatic rings. The number of alkyl halides is 3. The average molecular weight is 444 g/mol. The van der Waals surface area contributed by atoms with Gasteiger partial charge in [-0.05, 0) is 43.2 Å². The van der Waals surface area contributed by atoms with E-state index < -0.39 is 26.5 Å². The van der Waals surface area contributed by atoms with E-state index >= 15 is 0 Å². The summed E-state index contributed by atoms with van der Waals surface area (Å²) in [6.07, 6.45) is -1.76. The summed E-state index contributed by atoms with van der Waals surface area (Å²) in [6.45, 7) is 0. The molecule has 0 radical (unpaired) electrons. The zero-order valence-corrected chi connectivity index (χ0v) is 16.6. The van der Waals surface area contributed by atoms with Crippen LogP contribution < -0.4 is 5.32 Å². The maximum absolute atomic E-state index is 13.0. The van der Waals surface area contributed by atoms with Crippen LogP contribution in [0.25, 0.3) is 11.0 Å². The molecule has 1 fully saturated rings. The Kier molecular flexibility index (Phi) is 4.72. The Bertz CT molecular complexity index is 1200. The minimum absolute atomic E-state index is 0. The van der Waals surface area contributed by atoms with Crippen LogP contribution >= 0.6 is 12.4 Å². The minimum atomic E-state index is -4.61. The lowest BCUT2D eigenvalue weighted by atomic mass is 9.99. The first-order valence-electron chi connectivity index (χ1n) is 8.97. The van der Waals surface area contributed by atoms with Gasteiger partial charge in [-0.2, -0.15) is 13.2 Å². The number of sulfone groups is 1. The topological polar surface area (TPSA) is 59.3 Å². The summed E-state index contributed by atoms with van der Waals surface area (Å²) >= 11 is 0. The van der Waals surface area contributed by atoms with Crippen molar-refractivity contribution in [1.82, 2.24) is 5.32 Å². The van der Waals surface area contributed by atoms with Gasteiger partial charge in [0.1, 0.15) is 11.3 Å². The number of fused-ring (bicyclic) bond motifs is 6. The molecule has 0 spiro atoms. The van der Waals surface area contributed by atoms with Gasteiger partial charge in [-0.3, -0.25) is 0 Å². The van der Waals surface area contributed by atoms with Crippen LogP contribution in [-0.4, -0.2) is 14.5 Å². The Balaban J connectivity index is 0.00000205. The van der Waals surface area contributed by atoms with Gasteiger partial charge in [0.2, 0.25) is 9.84 Å². The van der Waals surface area contributed by atoms with E-state index in [4.69, 9.17) is 4.42 Å². The fraction of sp³-hybridized carbons (Fsp3) is 0.300. The Hall–Kier alpha value is -2.03. The highest BCUT2D eigenvalue weighted by Crippen LogP contribution is 2.42. The van der Waals surface area contributed by atoms with Crippen LogP contribution in [0.5, 0.6) is 0 Å². The molecule has 2 aromatic carbocycles. The van der Waals surface area contributed by atoms with Gasteiger partial charge in [-0.25, -0.2) is 8.42 Å². The van der Waals surface area contributed by atoms with Crippen molar-refractivity contribution in [2.24, 2.45) is 0 Å². The second-order valence-electron chi connectivity index (χ2n) is 7.32. The molecule has 3 aromatic rings. The molecule has 29 heavy (non-hydrogen) atoms. The highest BCUT2D eigenvalue weighted by Gasteiger charge is 2.36. The summed E-state index contributed by atoms with van der Waals surface area (Å²) in [5.74, 6) is 0.870. The molecule has 9 heteroatoms. The normalized spacial score (nSPS) is 21.1. The fourth-order valence-corrected chi connectivity index (χ4v) is 5.58. The van der Waals surface area contributed by atoms with Crippen molar-refractivity contribution in [3.8, 4) is 0 Å². The van der Waals surface area contributed by atoms with Crippen LogP contribution in [0.2, 0.25) is 0 Å². The average Bonchev–Trinajstić information content (AvgIpc) is 3.21. The molecular weight excluding hydrogens is 427 g/mol. The summed E-state index contributed by atoms with van der Waals surface area (Å²) < 4.78 is 70.6. The van der Waals surface area contributed by atoms with Crippen LogP contribution in [0, 0.1) is 0 Å². The van der Waals surface area contributed by atoms with Gasteiger partial charge < -0.3 is 9.73 Å². The van der Waals surface area contributed by atoms with Crippen molar-refractivity contribution in [2.45, 2.75) is 47.3 Å². The third kappa shape index (κ3) is 3.23. The molecule has 1 saturated heterocycles. The molecule has 4 nitrogen and oxygen atoms in total. The third-order valence-corrected chi connectivity index (χ3v) is 7.33. The molecular formula is C20H17ClF3NO3S.